The van der Waals surface area contributed by atoms with Crippen LogP contribution in [0.5, 0.6) is 0 Å². The van der Waals surface area contributed by atoms with E-state index >= 15 is 0 Å². The molecular weight excluding hydrogens is 412 g/mol. The maximum absolute atomic E-state index is 2.36. The molecule has 0 amide bonds. The Morgan fingerprint density at radius 1 is 0.294 bits per heavy atom. The molecular formula is C32H24N2. The number of rotatable bonds is 5. The molecule has 0 radical (unpaired) electrons. The van der Waals surface area contributed by atoms with E-state index in [1.54, 1.807) is 0 Å². The van der Waals surface area contributed by atoms with E-state index in [0.717, 1.165) is 22.7 Å². The number of hydrazine groups is 1. The van der Waals surface area contributed by atoms with Gasteiger partial charge in [0.2, 0.25) is 0 Å². The van der Waals surface area contributed by atoms with Gasteiger partial charge in [0.15, 0.2) is 0 Å². The molecule has 6 rings (SSSR count). The lowest BCUT2D eigenvalue weighted by molar-refractivity contribution is 1.00. The fourth-order valence-corrected chi connectivity index (χ4v) is 4.65. The molecule has 0 bridgehead atoms. The molecule has 6 aromatic carbocycles. The van der Waals surface area contributed by atoms with E-state index < -0.39 is 0 Å². The largest absolute Gasteiger partial charge is 0.249 e. The van der Waals surface area contributed by atoms with Crippen molar-refractivity contribution in [2.75, 3.05) is 10.0 Å². The average molecular weight is 437 g/mol. The number of hydrogen-bond donors (Lipinski definition) is 0. The summed E-state index contributed by atoms with van der Waals surface area (Å²) in [5.41, 5.74) is 4.44. The van der Waals surface area contributed by atoms with Crippen LogP contribution >= 0.6 is 0 Å². The molecule has 2 nitrogen and oxygen atoms in total. The van der Waals surface area contributed by atoms with Crippen LogP contribution in [-0.2, 0) is 0 Å². The first-order valence-electron chi connectivity index (χ1n) is 11.6. The van der Waals surface area contributed by atoms with Gasteiger partial charge in [-0.3, -0.25) is 0 Å². The summed E-state index contributed by atoms with van der Waals surface area (Å²) >= 11 is 0. The predicted octanol–water partition coefficient (Wildman–Crippen LogP) is 8.88. The van der Waals surface area contributed by atoms with Gasteiger partial charge in [-0.1, -0.05) is 109 Å². The Morgan fingerprint density at radius 2 is 0.676 bits per heavy atom. The summed E-state index contributed by atoms with van der Waals surface area (Å²) in [7, 11) is 0. The van der Waals surface area contributed by atoms with Crippen LogP contribution in [0, 0.1) is 0 Å². The quantitative estimate of drug-likeness (QED) is 0.249. The monoisotopic (exact) mass is 436 g/mol. The molecule has 0 N–H and O–H groups in total. The number of fused-ring (bicyclic) bond motifs is 2. The van der Waals surface area contributed by atoms with Crippen molar-refractivity contribution in [3.63, 3.8) is 0 Å². The summed E-state index contributed by atoms with van der Waals surface area (Å²) in [5.74, 6) is 0. The van der Waals surface area contributed by atoms with Crippen LogP contribution in [0.3, 0.4) is 0 Å². The third-order valence-electron chi connectivity index (χ3n) is 6.19. The predicted molar refractivity (Wildman–Crippen MR) is 145 cm³/mol. The van der Waals surface area contributed by atoms with E-state index in [-0.39, 0.29) is 0 Å². The molecule has 2 heteroatoms. The van der Waals surface area contributed by atoms with Gasteiger partial charge in [0, 0.05) is 10.8 Å². The van der Waals surface area contributed by atoms with E-state index in [0.29, 0.717) is 0 Å². The van der Waals surface area contributed by atoms with E-state index in [2.05, 4.69) is 156 Å². The van der Waals surface area contributed by atoms with E-state index in [9.17, 15) is 0 Å². The highest BCUT2D eigenvalue weighted by Crippen LogP contribution is 2.42. The number of para-hydroxylation sites is 2. The van der Waals surface area contributed by atoms with Crippen LogP contribution in [0.25, 0.3) is 21.5 Å². The fourth-order valence-electron chi connectivity index (χ4n) is 4.65. The molecule has 0 atom stereocenters. The number of hydrogen-bond acceptors (Lipinski definition) is 2. The van der Waals surface area contributed by atoms with Crippen molar-refractivity contribution in [3.8, 4) is 0 Å². The third-order valence-corrected chi connectivity index (χ3v) is 6.19. The van der Waals surface area contributed by atoms with E-state index in [1.807, 2.05) is 0 Å². The van der Waals surface area contributed by atoms with Gasteiger partial charge in [0.25, 0.3) is 0 Å². The third kappa shape index (κ3) is 3.56. The van der Waals surface area contributed by atoms with Crippen molar-refractivity contribution < 1.29 is 0 Å². The number of anilines is 4. The SMILES string of the molecule is c1ccc(N(c2ccccc2)N(c2cccc3ccccc23)c2cccc3ccccc23)cc1. The summed E-state index contributed by atoms with van der Waals surface area (Å²) in [6.07, 6.45) is 0. The van der Waals surface area contributed by atoms with Crippen molar-refractivity contribution in [1.82, 2.24) is 0 Å². The zero-order valence-electron chi connectivity index (χ0n) is 18.8. The van der Waals surface area contributed by atoms with Gasteiger partial charge in [-0.2, -0.15) is 0 Å². The van der Waals surface area contributed by atoms with Crippen LogP contribution in [-0.4, -0.2) is 0 Å². The van der Waals surface area contributed by atoms with Gasteiger partial charge in [-0.25, -0.2) is 10.0 Å². The zero-order chi connectivity index (χ0) is 22.7. The van der Waals surface area contributed by atoms with Crippen LogP contribution in [0.1, 0.15) is 0 Å². The molecule has 0 saturated heterocycles. The minimum atomic E-state index is 1.09. The standard InChI is InChI=1S/C32H24N2/c1-3-17-27(18-4-1)33(28-19-5-2-6-20-28)34(31-23-11-15-25-13-7-9-21-29(25)31)32-24-12-16-26-14-8-10-22-30(26)32/h1-24H. The molecule has 6 aromatic rings. The summed E-state index contributed by atoms with van der Waals surface area (Å²) < 4.78 is 0. The molecule has 34 heavy (non-hydrogen) atoms. The van der Waals surface area contributed by atoms with Gasteiger partial charge in [0.05, 0.1) is 22.7 Å². The Kier molecular flexibility index (Phi) is 5.17. The first-order valence-corrected chi connectivity index (χ1v) is 11.6. The molecule has 0 aliphatic carbocycles. The van der Waals surface area contributed by atoms with Crippen molar-refractivity contribution in [2.45, 2.75) is 0 Å². The molecule has 0 spiro atoms. The Bertz CT molecular complexity index is 1430. The molecule has 162 valence electrons. The van der Waals surface area contributed by atoms with Crippen molar-refractivity contribution >= 4 is 44.3 Å². The van der Waals surface area contributed by atoms with Crippen molar-refractivity contribution in [3.05, 3.63) is 146 Å². The Hall–Kier alpha value is -4.56. The van der Waals surface area contributed by atoms with Crippen LogP contribution < -0.4 is 10.0 Å². The lowest BCUT2D eigenvalue weighted by Gasteiger charge is -2.39. The normalized spacial score (nSPS) is 10.9. The first kappa shape index (κ1) is 20.1. The van der Waals surface area contributed by atoms with Crippen molar-refractivity contribution in [1.29, 1.82) is 0 Å². The first-order chi connectivity index (χ1) is 16.9. The lowest BCUT2D eigenvalue weighted by Crippen LogP contribution is -2.36. The van der Waals surface area contributed by atoms with Crippen LogP contribution in [0.2, 0.25) is 0 Å². The summed E-state index contributed by atoms with van der Waals surface area (Å²) in [6, 6.07) is 51.4. The Balaban J connectivity index is 1.71. The average Bonchev–Trinajstić information content (AvgIpc) is 2.92. The number of nitrogens with zero attached hydrogens (tertiary/aromatic N) is 2. The summed E-state index contributed by atoms with van der Waals surface area (Å²) in [6.45, 7) is 0. The van der Waals surface area contributed by atoms with Crippen LogP contribution in [0.4, 0.5) is 22.7 Å². The minimum Gasteiger partial charge on any atom is -0.249 e. The van der Waals surface area contributed by atoms with E-state index in [1.165, 1.54) is 21.5 Å². The highest BCUT2D eigenvalue weighted by atomic mass is 15.6. The van der Waals surface area contributed by atoms with E-state index in [4.69, 9.17) is 0 Å². The van der Waals surface area contributed by atoms with Gasteiger partial charge < -0.3 is 0 Å². The summed E-state index contributed by atoms with van der Waals surface area (Å²) in [4.78, 5) is 0. The maximum atomic E-state index is 2.36. The van der Waals surface area contributed by atoms with Gasteiger partial charge in [-0.05, 0) is 47.2 Å². The molecule has 0 aliphatic heterocycles. The highest BCUT2D eigenvalue weighted by Gasteiger charge is 2.24. The molecule has 0 fully saturated rings. The molecule has 0 aliphatic rings. The maximum Gasteiger partial charge on any atom is 0.0715 e. The zero-order valence-corrected chi connectivity index (χ0v) is 18.8. The number of benzene rings is 6. The van der Waals surface area contributed by atoms with Crippen LogP contribution in [0.15, 0.2) is 146 Å². The minimum absolute atomic E-state index is 1.09. The second-order valence-electron chi connectivity index (χ2n) is 8.29. The molecule has 0 aromatic heterocycles. The van der Waals surface area contributed by atoms with Gasteiger partial charge >= 0.3 is 0 Å². The Labute approximate surface area is 199 Å². The fraction of sp³-hybridized carbons (Fsp3) is 0. The summed E-state index contributed by atoms with van der Waals surface area (Å²) in [5, 5.41) is 9.50. The highest BCUT2D eigenvalue weighted by molar-refractivity contribution is 6.03. The molecule has 0 saturated carbocycles. The van der Waals surface area contributed by atoms with Gasteiger partial charge in [0.1, 0.15) is 0 Å². The topological polar surface area (TPSA) is 6.48 Å². The smallest absolute Gasteiger partial charge is 0.0715 e. The molecule has 0 unspecified atom stereocenters. The Morgan fingerprint density at radius 3 is 1.15 bits per heavy atom. The molecule has 0 heterocycles. The van der Waals surface area contributed by atoms with Crippen molar-refractivity contribution in [2.24, 2.45) is 0 Å². The lowest BCUT2D eigenvalue weighted by atomic mass is 10.1. The second-order valence-corrected chi connectivity index (χ2v) is 8.29. The van der Waals surface area contributed by atoms with Gasteiger partial charge in [-0.15, -0.1) is 0 Å². The second kappa shape index (κ2) is 8.76.